The molecule has 0 amide bonds. The predicted molar refractivity (Wildman–Crippen MR) is 101 cm³/mol. The Kier molecular flexibility index (Phi) is 5.11. The smallest absolute Gasteiger partial charge is 0.234 e. The Bertz CT molecular complexity index is 845. The zero-order chi connectivity index (χ0) is 17.2. The first-order chi connectivity index (χ1) is 11.4. The topological polar surface area (TPSA) is 42.0 Å². The number of para-hydroxylation sites is 1. The third-order valence-electron chi connectivity index (χ3n) is 3.16. The Morgan fingerprint density at radius 3 is 2.12 bits per heavy atom. The molecule has 0 radical (unpaired) electrons. The van der Waals surface area contributed by atoms with Crippen molar-refractivity contribution in [3.8, 4) is 0 Å². The lowest BCUT2D eigenvalue weighted by atomic mass is 10.1. The van der Waals surface area contributed by atoms with Gasteiger partial charge in [-0.2, -0.15) is 0 Å². The maximum atomic E-state index is 12.7. The molecule has 0 aliphatic carbocycles. The zero-order valence-corrected chi connectivity index (χ0v) is 15.3. The number of ketones is 1. The molecule has 2 aromatic carbocycles. The lowest BCUT2D eigenvalue weighted by molar-refractivity contribution is 0.104. The average molecular weight is 398 g/mol. The molecule has 0 spiro atoms. The lowest BCUT2D eigenvalue weighted by Gasteiger charge is -2.09. The third kappa shape index (κ3) is 3.90. The van der Waals surface area contributed by atoms with Gasteiger partial charge in [-0.15, -0.1) is 0 Å². The minimum absolute atomic E-state index is 0.129. The molecule has 122 valence electrons. The number of benzene rings is 2. The van der Waals surface area contributed by atoms with Crippen LogP contribution in [0.15, 0.2) is 60.7 Å². The highest BCUT2D eigenvalue weighted by molar-refractivity contribution is 7.18. The number of anilines is 2. The molecule has 7 heteroatoms. The second-order valence-electron chi connectivity index (χ2n) is 4.88. The number of carbonyl (C=O) groups is 1. The van der Waals surface area contributed by atoms with Crippen molar-refractivity contribution in [3.05, 3.63) is 76.8 Å². The SMILES string of the molecule is O=C(c1ccccc1)c1sc(Nc2ccccc2)nc1C(Cl)(Cl)Cl. The van der Waals surface area contributed by atoms with Gasteiger partial charge in [0.15, 0.2) is 5.13 Å². The van der Waals surface area contributed by atoms with E-state index in [9.17, 15) is 4.79 Å². The normalized spacial score (nSPS) is 11.3. The van der Waals surface area contributed by atoms with Crippen LogP contribution >= 0.6 is 46.1 Å². The van der Waals surface area contributed by atoms with Gasteiger partial charge in [-0.05, 0) is 12.1 Å². The third-order valence-corrected chi connectivity index (χ3v) is 4.67. The van der Waals surface area contributed by atoms with Crippen molar-refractivity contribution in [2.24, 2.45) is 0 Å². The Morgan fingerprint density at radius 1 is 0.958 bits per heavy atom. The van der Waals surface area contributed by atoms with Gasteiger partial charge in [-0.25, -0.2) is 4.98 Å². The van der Waals surface area contributed by atoms with Gasteiger partial charge >= 0.3 is 0 Å². The van der Waals surface area contributed by atoms with Crippen molar-refractivity contribution in [3.63, 3.8) is 0 Å². The van der Waals surface area contributed by atoms with E-state index >= 15 is 0 Å². The van der Waals surface area contributed by atoms with Gasteiger partial charge in [0.2, 0.25) is 9.58 Å². The zero-order valence-electron chi connectivity index (χ0n) is 12.2. The fraction of sp³-hybridized carbons (Fsp3) is 0.0588. The molecule has 0 bridgehead atoms. The minimum Gasteiger partial charge on any atom is -0.332 e. The first-order valence-corrected chi connectivity index (χ1v) is 8.90. The summed E-state index contributed by atoms with van der Waals surface area (Å²) >= 11 is 19.2. The summed E-state index contributed by atoms with van der Waals surface area (Å²) in [6.07, 6.45) is 0. The Hall–Kier alpha value is -1.59. The number of nitrogens with one attached hydrogen (secondary N) is 1. The molecule has 1 N–H and O–H groups in total. The van der Waals surface area contributed by atoms with Gasteiger partial charge in [0.1, 0.15) is 10.6 Å². The molecule has 0 aliphatic rings. The summed E-state index contributed by atoms with van der Waals surface area (Å²) in [6, 6.07) is 18.3. The maximum absolute atomic E-state index is 12.7. The molecular formula is C17H11Cl3N2OS. The molecule has 1 heterocycles. The molecule has 0 saturated heterocycles. The van der Waals surface area contributed by atoms with Crippen LogP contribution in [-0.2, 0) is 3.79 Å². The summed E-state index contributed by atoms with van der Waals surface area (Å²) in [7, 11) is 0. The predicted octanol–water partition coefficient (Wildman–Crippen LogP) is 5.94. The highest BCUT2D eigenvalue weighted by Crippen LogP contribution is 2.43. The molecule has 3 nitrogen and oxygen atoms in total. The summed E-state index contributed by atoms with van der Waals surface area (Å²) < 4.78 is -1.78. The van der Waals surface area contributed by atoms with Crippen LogP contribution in [0.5, 0.6) is 0 Å². The van der Waals surface area contributed by atoms with Crippen molar-refractivity contribution >= 4 is 62.7 Å². The van der Waals surface area contributed by atoms with Crippen molar-refractivity contribution < 1.29 is 4.79 Å². The van der Waals surface area contributed by atoms with Crippen LogP contribution in [0.1, 0.15) is 20.9 Å². The highest BCUT2D eigenvalue weighted by atomic mass is 35.6. The average Bonchev–Trinajstić information content (AvgIpc) is 3.00. The van der Waals surface area contributed by atoms with Crippen molar-refractivity contribution in [2.45, 2.75) is 3.79 Å². The van der Waals surface area contributed by atoms with Crippen LogP contribution in [0.3, 0.4) is 0 Å². The molecule has 1 aromatic heterocycles. The minimum atomic E-state index is -1.78. The van der Waals surface area contributed by atoms with Crippen molar-refractivity contribution in [1.82, 2.24) is 4.98 Å². The molecule has 24 heavy (non-hydrogen) atoms. The summed E-state index contributed by atoms with van der Waals surface area (Å²) in [5.41, 5.74) is 1.48. The summed E-state index contributed by atoms with van der Waals surface area (Å²) in [5, 5.41) is 3.61. The molecule has 3 rings (SSSR count). The Balaban J connectivity index is 2.00. The van der Waals surface area contributed by atoms with E-state index in [1.807, 2.05) is 36.4 Å². The number of nitrogens with zero attached hydrogens (tertiary/aromatic N) is 1. The van der Waals surface area contributed by atoms with Crippen molar-refractivity contribution in [2.75, 3.05) is 5.32 Å². The molecule has 0 saturated carbocycles. The van der Waals surface area contributed by atoms with Gasteiger partial charge in [0.25, 0.3) is 0 Å². The molecule has 0 atom stereocenters. The Morgan fingerprint density at radius 2 is 1.54 bits per heavy atom. The molecular weight excluding hydrogens is 387 g/mol. The molecule has 0 aliphatic heterocycles. The number of aromatic nitrogens is 1. The second-order valence-corrected chi connectivity index (χ2v) is 8.16. The monoisotopic (exact) mass is 396 g/mol. The highest BCUT2D eigenvalue weighted by Gasteiger charge is 2.33. The summed E-state index contributed by atoms with van der Waals surface area (Å²) in [5.74, 6) is -0.226. The fourth-order valence-electron chi connectivity index (χ4n) is 2.09. The van der Waals surface area contributed by atoms with Crippen LogP contribution in [-0.4, -0.2) is 10.8 Å². The largest absolute Gasteiger partial charge is 0.332 e. The van der Waals surface area contributed by atoms with Gasteiger partial charge in [-0.3, -0.25) is 4.79 Å². The first-order valence-electron chi connectivity index (χ1n) is 6.95. The quantitative estimate of drug-likeness (QED) is 0.437. The van der Waals surface area contributed by atoms with Crippen LogP contribution in [0, 0.1) is 0 Å². The van der Waals surface area contributed by atoms with Gasteiger partial charge in [0, 0.05) is 11.3 Å². The molecule has 3 aromatic rings. The molecule has 0 unspecified atom stereocenters. The summed E-state index contributed by atoms with van der Waals surface area (Å²) in [4.78, 5) is 17.4. The first kappa shape index (κ1) is 17.2. The number of alkyl halides is 3. The van der Waals surface area contributed by atoms with E-state index in [4.69, 9.17) is 34.8 Å². The standard InChI is InChI=1S/C17H11Cl3N2OS/c18-17(19,20)15-14(13(23)11-7-3-1-4-8-11)24-16(22-15)21-12-9-5-2-6-10-12/h1-10H,(H,21,22). The van der Waals surface area contributed by atoms with Crippen LogP contribution in [0.25, 0.3) is 0 Å². The lowest BCUT2D eigenvalue weighted by Crippen LogP contribution is -2.09. The van der Waals surface area contributed by atoms with Gasteiger partial charge in [0.05, 0.1) is 0 Å². The van der Waals surface area contributed by atoms with E-state index in [1.54, 1.807) is 24.3 Å². The maximum Gasteiger partial charge on any atom is 0.234 e. The molecule has 0 fully saturated rings. The van der Waals surface area contributed by atoms with E-state index in [2.05, 4.69) is 10.3 Å². The number of hydrogen-bond acceptors (Lipinski definition) is 4. The van der Waals surface area contributed by atoms with E-state index in [0.717, 1.165) is 17.0 Å². The van der Waals surface area contributed by atoms with E-state index in [-0.39, 0.29) is 11.5 Å². The second kappa shape index (κ2) is 7.11. The van der Waals surface area contributed by atoms with Crippen LogP contribution in [0.2, 0.25) is 0 Å². The summed E-state index contributed by atoms with van der Waals surface area (Å²) in [6.45, 7) is 0. The number of rotatable bonds is 4. The van der Waals surface area contributed by atoms with Gasteiger partial charge in [-0.1, -0.05) is 94.7 Å². The van der Waals surface area contributed by atoms with Crippen LogP contribution in [0.4, 0.5) is 10.8 Å². The number of hydrogen-bond donors (Lipinski definition) is 1. The van der Waals surface area contributed by atoms with Gasteiger partial charge < -0.3 is 5.32 Å². The number of halogens is 3. The van der Waals surface area contributed by atoms with E-state index < -0.39 is 3.79 Å². The Labute approximate surface area is 158 Å². The number of carbonyl (C=O) groups excluding carboxylic acids is 1. The fourth-order valence-corrected chi connectivity index (χ4v) is 3.67. The van der Waals surface area contributed by atoms with E-state index in [1.165, 1.54) is 0 Å². The van der Waals surface area contributed by atoms with Crippen LogP contribution < -0.4 is 5.32 Å². The van der Waals surface area contributed by atoms with Crippen molar-refractivity contribution in [1.29, 1.82) is 0 Å². The van der Waals surface area contributed by atoms with E-state index in [0.29, 0.717) is 15.6 Å². The number of thiazole rings is 1.